The molecule has 0 unspecified atom stereocenters. The van der Waals surface area contributed by atoms with Gasteiger partial charge in [-0.05, 0) is 49.7 Å². The first-order valence-electron chi connectivity index (χ1n) is 9.53. The molecule has 2 aliphatic rings. The van der Waals surface area contributed by atoms with Gasteiger partial charge in [-0.25, -0.2) is 13.1 Å². The molecule has 7 heteroatoms. The highest BCUT2D eigenvalue weighted by atomic mass is 32.2. The fraction of sp³-hybridized carbons (Fsp3) is 0.429. The van der Waals surface area contributed by atoms with Crippen LogP contribution in [0, 0.1) is 0 Å². The molecule has 150 valence electrons. The van der Waals surface area contributed by atoms with Crippen LogP contribution in [-0.4, -0.2) is 51.5 Å². The van der Waals surface area contributed by atoms with Crippen LogP contribution in [-0.2, 0) is 10.0 Å². The first kappa shape index (κ1) is 19.2. The first-order chi connectivity index (χ1) is 13.3. The highest BCUT2D eigenvalue weighted by molar-refractivity contribution is 7.90. The van der Waals surface area contributed by atoms with Crippen LogP contribution in [0.5, 0.6) is 11.5 Å². The molecule has 0 aromatic heterocycles. The van der Waals surface area contributed by atoms with Gasteiger partial charge in [0.25, 0.3) is 0 Å². The molecule has 4 rings (SSSR count). The molecule has 1 saturated heterocycles. The molecule has 1 fully saturated rings. The van der Waals surface area contributed by atoms with Crippen molar-refractivity contribution < 1.29 is 17.9 Å². The van der Waals surface area contributed by atoms with Gasteiger partial charge in [-0.1, -0.05) is 30.3 Å². The summed E-state index contributed by atoms with van der Waals surface area (Å²) in [6.45, 7) is 5.21. The van der Waals surface area contributed by atoms with Gasteiger partial charge in [0.2, 0.25) is 16.8 Å². The molecule has 0 bridgehead atoms. The van der Waals surface area contributed by atoms with Gasteiger partial charge in [-0.15, -0.1) is 0 Å². The van der Waals surface area contributed by atoms with E-state index < -0.39 is 15.3 Å². The second kappa shape index (κ2) is 7.39. The van der Waals surface area contributed by atoms with Crippen molar-refractivity contribution in [2.24, 2.45) is 0 Å². The second-order valence-corrected chi connectivity index (χ2v) is 10.1. The standard InChI is InChI=1S/C21H26N2O4S/c1-14(2)28(24,25)22-19-12-23(3)11-18(19)16-6-4-15(5-7-16)17-8-9-20-21(10-17)27-13-26-20/h4-10,14,18-19,22H,11-13H2,1-3H3/t18-,19+/m1/s1. The Bertz CT molecular complexity index is 957. The SMILES string of the molecule is CC(C)S(=O)(=O)N[C@H]1CN(C)C[C@@H]1c1ccc(-c2ccc3c(c2)OCO3)cc1. The van der Waals surface area contributed by atoms with Crippen LogP contribution in [0.15, 0.2) is 42.5 Å². The Morgan fingerprint density at radius 2 is 1.68 bits per heavy atom. The number of likely N-dealkylation sites (tertiary alicyclic amines) is 1. The summed E-state index contributed by atoms with van der Waals surface area (Å²) >= 11 is 0. The molecule has 0 amide bonds. The highest BCUT2D eigenvalue weighted by Gasteiger charge is 2.35. The summed E-state index contributed by atoms with van der Waals surface area (Å²) in [7, 11) is -1.28. The zero-order valence-corrected chi connectivity index (χ0v) is 17.2. The summed E-state index contributed by atoms with van der Waals surface area (Å²) in [5.74, 6) is 1.67. The summed E-state index contributed by atoms with van der Waals surface area (Å²) in [6, 6.07) is 14.2. The zero-order valence-electron chi connectivity index (χ0n) is 16.4. The average Bonchev–Trinajstić information content (AvgIpc) is 3.27. The van der Waals surface area contributed by atoms with Gasteiger partial charge >= 0.3 is 0 Å². The van der Waals surface area contributed by atoms with E-state index in [-0.39, 0.29) is 18.8 Å². The van der Waals surface area contributed by atoms with Crippen molar-refractivity contribution in [2.75, 3.05) is 26.9 Å². The van der Waals surface area contributed by atoms with Crippen molar-refractivity contribution >= 4 is 10.0 Å². The topological polar surface area (TPSA) is 67.9 Å². The molecule has 2 heterocycles. The summed E-state index contributed by atoms with van der Waals surface area (Å²) in [6.07, 6.45) is 0. The van der Waals surface area contributed by atoms with Crippen molar-refractivity contribution in [3.63, 3.8) is 0 Å². The highest BCUT2D eigenvalue weighted by Crippen LogP contribution is 2.36. The third kappa shape index (κ3) is 3.74. The van der Waals surface area contributed by atoms with Crippen molar-refractivity contribution in [1.82, 2.24) is 9.62 Å². The third-order valence-corrected chi connectivity index (χ3v) is 7.36. The van der Waals surface area contributed by atoms with Crippen LogP contribution < -0.4 is 14.2 Å². The number of rotatable bonds is 5. The molecular formula is C21H26N2O4S. The van der Waals surface area contributed by atoms with Crippen LogP contribution in [0.1, 0.15) is 25.3 Å². The van der Waals surface area contributed by atoms with E-state index in [1.807, 2.05) is 25.2 Å². The first-order valence-corrected chi connectivity index (χ1v) is 11.1. The number of nitrogens with one attached hydrogen (secondary N) is 1. The summed E-state index contributed by atoms with van der Waals surface area (Å²) < 4.78 is 38.4. The number of ether oxygens (including phenoxy) is 2. The molecule has 2 aliphatic heterocycles. The number of hydrogen-bond acceptors (Lipinski definition) is 5. The molecule has 28 heavy (non-hydrogen) atoms. The molecule has 1 N–H and O–H groups in total. The molecular weight excluding hydrogens is 376 g/mol. The number of benzene rings is 2. The zero-order chi connectivity index (χ0) is 19.9. The summed E-state index contributed by atoms with van der Waals surface area (Å²) in [5, 5.41) is -0.438. The minimum Gasteiger partial charge on any atom is -0.454 e. The maximum absolute atomic E-state index is 12.4. The Morgan fingerprint density at radius 1 is 1.00 bits per heavy atom. The predicted octanol–water partition coefficient (Wildman–Crippen LogP) is 2.81. The quantitative estimate of drug-likeness (QED) is 0.833. The molecule has 2 aromatic carbocycles. The van der Waals surface area contributed by atoms with E-state index in [0.29, 0.717) is 6.54 Å². The van der Waals surface area contributed by atoms with Gasteiger partial charge in [0.15, 0.2) is 11.5 Å². The maximum atomic E-state index is 12.4. The maximum Gasteiger partial charge on any atom is 0.231 e. The van der Waals surface area contributed by atoms with Gasteiger partial charge in [0.05, 0.1) is 5.25 Å². The number of nitrogens with zero attached hydrogens (tertiary/aromatic N) is 1. The molecule has 6 nitrogen and oxygen atoms in total. The van der Waals surface area contributed by atoms with Crippen LogP contribution >= 0.6 is 0 Å². The van der Waals surface area contributed by atoms with E-state index in [1.165, 1.54) is 0 Å². The molecule has 0 radical (unpaired) electrons. The predicted molar refractivity (Wildman–Crippen MR) is 109 cm³/mol. The monoisotopic (exact) mass is 402 g/mol. The minimum atomic E-state index is -3.31. The lowest BCUT2D eigenvalue weighted by Crippen LogP contribution is -2.42. The Morgan fingerprint density at radius 3 is 2.39 bits per heavy atom. The van der Waals surface area contributed by atoms with E-state index in [4.69, 9.17) is 9.47 Å². The minimum absolute atomic E-state index is 0.117. The van der Waals surface area contributed by atoms with Crippen molar-refractivity contribution in [3.05, 3.63) is 48.0 Å². The van der Waals surface area contributed by atoms with Crippen LogP contribution in [0.2, 0.25) is 0 Å². The number of hydrogen-bond donors (Lipinski definition) is 1. The summed E-state index contributed by atoms with van der Waals surface area (Å²) in [5.41, 5.74) is 3.30. The van der Waals surface area contributed by atoms with Crippen molar-refractivity contribution in [3.8, 4) is 22.6 Å². The van der Waals surface area contributed by atoms with Gasteiger partial charge in [-0.3, -0.25) is 0 Å². The van der Waals surface area contributed by atoms with Gasteiger partial charge in [0, 0.05) is 25.0 Å². The average molecular weight is 403 g/mol. The lowest BCUT2D eigenvalue weighted by molar-refractivity contribution is 0.174. The Kier molecular flexibility index (Phi) is 5.07. The number of fused-ring (bicyclic) bond motifs is 1. The van der Waals surface area contributed by atoms with E-state index in [1.54, 1.807) is 13.8 Å². The van der Waals surface area contributed by atoms with Crippen LogP contribution in [0.25, 0.3) is 11.1 Å². The molecule has 2 atom stereocenters. The van der Waals surface area contributed by atoms with E-state index in [9.17, 15) is 8.42 Å². The molecule has 2 aromatic rings. The molecule has 0 aliphatic carbocycles. The Balaban J connectivity index is 1.55. The van der Waals surface area contributed by atoms with Crippen molar-refractivity contribution in [1.29, 1.82) is 0 Å². The fourth-order valence-electron chi connectivity index (χ4n) is 3.80. The van der Waals surface area contributed by atoms with Crippen molar-refractivity contribution in [2.45, 2.75) is 31.1 Å². The smallest absolute Gasteiger partial charge is 0.231 e. The van der Waals surface area contributed by atoms with Gasteiger partial charge in [-0.2, -0.15) is 0 Å². The third-order valence-electron chi connectivity index (χ3n) is 5.48. The lowest BCUT2D eigenvalue weighted by Gasteiger charge is -2.22. The lowest BCUT2D eigenvalue weighted by atomic mass is 9.93. The molecule has 0 spiro atoms. The van der Waals surface area contributed by atoms with E-state index >= 15 is 0 Å². The Labute approximate surface area is 166 Å². The van der Waals surface area contributed by atoms with E-state index in [2.05, 4.69) is 33.9 Å². The number of likely N-dealkylation sites (N-methyl/N-ethyl adjacent to an activating group) is 1. The Hall–Kier alpha value is -2.09. The van der Waals surface area contributed by atoms with Crippen LogP contribution in [0.3, 0.4) is 0 Å². The van der Waals surface area contributed by atoms with Gasteiger partial charge < -0.3 is 14.4 Å². The van der Waals surface area contributed by atoms with E-state index in [0.717, 1.165) is 34.7 Å². The number of sulfonamides is 1. The van der Waals surface area contributed by atoms with Crippen LogP contribution in [0.4, 0.5) is 0 Å². The molecule has 0 saturated carbocycles. The largest absolute Gasteiger partial charge is 0.454 e. The normalized spacial score (nSPS) is 22.1. The van der Waals surface area contributed by atoms with Gasteiger partial charge in [0.1, 0.15) is 0 Å². The summed E-state index contributed by atoms with van der Waals surface area (Å²) in [4.78, 5) is 2.17. The fourth-order valence-corrected chi connectivity index (χ4v) is 4.74. The second-order valence-electron chi connectivity index (χ2n) is 7.84.